The number of aliphatic hydroxyl groups is 6. The van der Waals surface area contributed by atoms with Crippen molar-refractivity contribution >= 4 is 69.3 Å². The molecule has 4 aliphatic heterocycles. The second-order valence-corrected chi connectivity index (χ2v) is 22.7. The number of nitrogens with one attached hydrogen (secondary N) is 2. The number of nitrogen functional groups attached to an aromatic ring is 4. The van der Waals surface area contributed by atoms with Crippen molar-refractivity contribution in [1.82, 2.24) is 58.1 Å². The molecule has 4 fully saturated rings. The van der Waals surface area contributed by atoms with Crippen LogP contribution in [0.1, 0.15) is 24.9 Å². The number of imidazole rings is 2. The van der Waals surface area contributed by atoms with E-state index in [-0.39, 0.29) is 34.0 Å². The Balaban J connectivity index is 0.861. The molecule has 0 bridgehead atoms. The number of rotatable bonds is 20. The Kier molecular flexibility index (Phi) is 16.5. The molecule has 3 unspecified atom stereocenters. The molecule has 19 atom stereocenters. The van der Waals surface area contributed by atoms with Crippen LogP contribution in [-0.2, 0) is 59.8 Å². The van der Waals surface area contributed by atoms with E-state index < -0.39 is 182 Å². The minimum atomic E-state index is -5.75. The molecule has 45 heteroatoms. The van der Waals surface area contributed by atoms with Gasteiger partial charge >= 0.3 is 34.8 Å². The Morgan fingerprint density at radius 2 is 1.02 bits per heavy atom. The monoisotopic (exact) mass is 1240 g/mol. The van der Waals surface area contributed by atoms with Gasteiger partial charge in [-0.05, 0) is 6.07 Å². The first kappa shape index (κ1) is 59.7. The van der Waals surface area contributed by atoms with Gasteiger partial charge in [0.25, 0.3) is 11.1 Å². The normalized spacial score (nSPS) is 32.3. The summed E-state index contributed by atoms with van der Waals surface area (Å²) in [5, 5.41) is 66.2. The second-order valence-electron chi connectivity index (χ2n) is 18.5. The van der Waals surface area contributed by atoms with Crippen LogP contribution >= 0.6 is 23.5 Å². The van der Waals surface area contributed by atoms with E-state index in [1.165, 1.54) is 0 Å². The summed E-state index contributed by atoms with van der Waals surface area (Å²) in [5.74, 6) is -1.38. The van der Waals surface area contributed by atoms with Crippen molar-refractivity contribution in [2.45, 2.75) is 98.2 Å². The summed E-state index contributed by atoms with van der Waals surface area (Å²) in [5.41, 5.74) is 18.4. The number of aromatic nitrogens is 12. The van der Waals surface area contributed by atoms with Gasteiger partial charge in [0.15, 0.2) is 41.7 Å². The number of nitrogens with two attached hydrogens (primary N) is 4. The summed E-state index contributed by atoms with van der Waals surface area (Å²) in [6.07, 6.45) is -26.1. The average Bonchev–Trinajstić information content (AvgIpc) is 4.41. The lowest BCUT2D eigenvalue weighted by Crippen LogP contribution is -2.38. The molecule has 0 aliphatic carbocycles. The zero-order valence-electron chi connectivity index (χ0n) is 41.6. The molecule has 6 aromatic rings. The molecule has 0 spiro atoms. The number of anilines is 4. The van der Waals surface area contributed by atoms with E-state index >= 15 is 0 Å². The number of H-pyrrole nitrogens is 2. The largest absolute Gasteiger partial charge is 0.472 e. The standard InChI is InChI=1S/C38H49N16O26P3/c39-15-1-3-52(38(64)45-15)33-22(60)25(79-81(65,66)71-6-12-19(57)20(58)31(75-12)53-9-43-17-27(40)47-37(63)49-28(17)53)13(76-33)7-73-83(69,70)80-26-14(77-34(23(26)61)54-10-44-18-29(54)48-35(41)50-30(18)62)8-72-82(67,68)78-24-11(5-55)74-32(21(24)59)51-4-2-16(56)46-36(51)42/h1-4,9-14,19-26,31-34,55,57-61H,5-8H2,(H,65,66)(H,67,68)(H,69,70)(H2,39,45,64)(H2,42,46,56)(H3,40,47,49,63)(H3,41,48,50,62)/t11-,12-,13-,14-,19-,20-,21-,22-,23-,24-,25-,26-,31-,32-,33-,34-/m1/s1. The Morgan fingerprint density at radius 3 is 1.58 bits per heavy atom. The van der Waals surface area contributed by atoms with Crippen molar-refractivity contribution < 1.29 is 105 Å². The molecule has 4 saturated heterocycles. The fourth-order valence-corrected chi connectivity index (χ4v) is 12.2. The van der Waals surface area contributed by atoms with Crippen LogP contribution in [-0.4, -0.2) is 203 Å². The van der Waals surface area contributed by atoms with E-state index in [1.54, 1.807) is 0 Å². The highest BCUT2D eigenvalue weighted by molar-refractivity contribution is 7.48. The van der Waals surface area contributed by atoms with Gasteiger partial charge in [-0.3, -0.25) is 65.0 Å². The molecule has 452 valence electrons. The van der Waals surface area contributed by atoms with Crippen molar-refractivity contribution in [3.05, 3.63) is 78.9 Å². The first-order valence-electron chi connectivity index (χ1n) is 23.9. The summed E-state index contributed by atoms with van der Waals surface area (Å²) in [6, 6.07) is 2.05. The topological polar surface area (TPSA) is 627 Å². The number of aromatic amines is 2. The summed E-state index contributed by atoms with van der Waals surface area (Å²) in [4.78, 5) is 110. The van der Waals surface area contributed by atoms with Crippen molar-refractivity contribution in [1.29, 1.82) is 0 Å². The molecular formula is C38H49N16O26P3. The van der Waals surface area contributed by atoms with E-state index in [1.807, 2.05) is 0 Å². The zero-order valence-corrected chi connectivity index (χ0v) is 44.3. The molecule has 0 aromatic carbocycles. The fraction of sp³-hybridized carbons (Fsp3) is 0.526. The highest BCUT2D eigenvalue weighted by Gasteiger charge is 2.55. The van der Waals surface area contributed by atoms with Crippen LogP contribution in [0.25, 0.3) is 22.3 Å². The van der Waals surface area contributed by atoms with Crippen LogP contribution < -0.4 is 45.4 Å². The Bertz CT molecular complexity index is 3810. The first-order valence-corrected chi connectivity index (χ1v) is 28.4. The van der Waals surface area contributed by atoms with E-state index in [4.69, 9.17) is 69.0 Å². The summed E-state index contributed by atoms with van der Waals surface area (Å²) >= 11 is 0. The maximum atomic E-state index is 14.0. The summed E-state index contributed by atoms with van der Waals surface area (Å²) in [7, 11) is -16.8. The van der Waals surface area contributed by atoms with Gasteiger partial charge in [0.2, 0.25) is 11.9 Å². The SMILES string of the molecule is Nc1ccn([C@@H]2O[C@H](COP(=O)(O)O[C@H]3[C@@H](O)[C@H](n4cnc5c(=O)[nH]c(N)nc54)O[C@@H]3COP(=O)(O)O[C@H]3[C@@H](O)[C@H](n4ccc(=O)nc4N)O[C@@H]3CO)[C@@H](OP(=O)(O)OC[C@H]3O[C@@H](n4cnc5c(N)[nH]c(=O)nc54)[C@H](O)[C@@H]3O)[C@H]2O)c(=O)n1. The maximum absolute atomic E-state index is 14.0. The average molecular weight is 1240 g/mol. The van der Waals surface area contributed by atoms with Gasteiger partial charge in [0.05, 0.1) is 39.1 Å². The van der Waals surface area contributed by atoms with Crippen LogP contribution in [0.5, 0.6) is 0 Å². The molecule has 10 heterocycles. The molecule has 83 heavy (non-hydrogen) atoms. The van der Waals surface area contributed by atoms with Crippen LogP contribution in [0, 0.1) is 0 Å². The Hall–Kier alpha value is -6.41. The molecule has 42 nitrogen and oxygen atoms in total. The second kappa shape index (κ2) is 22.9. The van der Waals surface area contributed by atoms with Crippen LogP contribution in [0.15, 0.2) is 56.4 Å². The molecule has 4 aliphatic rings. The van der Waals surface area contributed by atoms with Gasteiger partial charge < -0.3 is 87.2 Å². The Labute approximate surface area is 458 Å². The van der Waals surface area contributed by atoms with Crippen molar-refractivity contribution in [2.24, 2.45) is 0 Å². The smallest absolute Gasteiger partial charge is 0.394 e. The van der Waals surface area contributed by atoms with Gasteiger partial charge in [-0.25, -0.2) is 33.3 Å². The van der Waals surface area contributed by atoms with Gasteiger partial charge in [0.1, 0.15) is 90.4 Å². The molecular weight excluding hydrogens is 1190 g/mol. The highest BCUT2D eigenvalue weighted by atomic mass is 31.2. The number of fused-ring (bicyclic) bond motifs is 2. The number of phosphoric ester groups is 3. The van der Waals surface area contributed by atoms with Gasteiger partial charge in [-0.1, -0.05) is 0 Å². The zero-order chi connectivity index (χ0) is 59.8. The van der Waals surface area contributed by atoms with Crippen molar-refractivity contribution in [3.63, 3.8) is 0 Å². The van der Waals surface area contributed by atoms with Gasteiger partial charge in [-0.2, -0.15) is 19.9 Å². The minimum absolute atomic E-state index is 0.0139. The van der Waals surface area contributed by atoms with Crippen molar-refractivity contribution in [3.8, 4) is 0 Å². The van der Waals surface area contributed by atoms with Crippen LogP contribution in [0.4, 0.5) is 23.5 Å². The van der Waals surface area contributed by atoms with Gasteiger partial charge in [0, 0.05) is 18.5 Å². The molecule has 0 radical (unpaired) electrons. The molecule has 10 rings (SSSR count). The lowest BCUT2D eigenvalue weighted by Gasteiger charge is -2.26. The van der Waals surface area contributed by atoms with Gasteiger partial charge in [-0.15, -0.1) is 0 Å². The molecule has 0 amide bonds. The van der Waals surface area contributed by atoms with E-state index in [2.05, 4.69) is 39.9 Å². The lowest BCUT2D eigenvalue weighted by molar-refractivity contribution is -0.0645. The fourth-order valence-electron chi connectivity index (χ4n) is 9.34. The van der Waals surface area contributed by atoms with Crippen molar-refractivity contribution in [2.75, 3.05) is 49.4 Å². The molecule has 19 N–H and O–H groups in total. The third-order valence-electron chi connectivity index (χ3n) is 13.2. The van der Waals surface area contributed by atoms with Crippen LogP contribution in [0.3, 0.4) is 0 Å². The summed E-state index contributed by atoms with van der Waals surface area (Å²) < 4.78 is 99.1. The number of aliphatic hydroxyl groups excluding tert-OH is 6. The predicted molar refractivity (Wildman–Crippen MR) is 266 cm³/mol. The lowest BCUT2D eigenvalue weighted by atomic mass is 10.1. The Morgan fingerprint density at radius 1 is 0.554 bits per heavy atom. The summed E-state index contributed by atoms with van der Waals surface area (Å²) in [6.45, 7) is -4.48. The third kappa shape index (κ3) is 12.0. The van der Waals surface area contributed by atoms with E-state index in [0.717, 1.165) is 50.9 Å². The van der Waals surface area contributed by atoms with E-state index in [9.17, 15) is 78.2 Å². The number of ether oxygens (including phenoxy) is 4. The third-order valence-corrected chi connectivity index (χ3v) is 16.1. The maximum Gasteiger partial charge on any atom is 0.472 e. The van der Waals surface area contributed by atoms with Crippen LogP contribution in [0.2, 0.25) is 0 Å². The number of phosphoric acid groups is 3. The van der Waals surface area contributed by atoms with E-state index in [0.29, 0.717) is 4.57 Å². The molecule has 0 saturated carbocycles. The number of hydrogen-bond donors (Lipinski definition) is 15. The predicted octanol–water partition coefficient (Wildman–Crippen LogP) is -7.01. The first-order chi connectivity index (χ1) is 39.1. The highest BCUT2D eigenvalue weighted by Crippen LogP contribution is 2.54. The quantitative estimate of drug-likeness (QED) is 0.0316. The number of hydrogen-bond acceptors (Lipinski definition) is 33. The number of nitrogens with zero attached hydrogens (tertiary/aromatic N) is 10. The molecule has 6 aromatic heterocycles. The minimum Gasteiger partial charge on any atom is -0.394 e.